The maximum absolute atomic E-state index is 11.9. The highest BCUT2D eigenvalue weighted by molar-refractivity contribution is 7.89. The van der Waals surface area contributed by atoms with Gasteiger partial charge in [0.25, 0.3) is 0 Å². The molecule has 1 unspecified atom stereocenters. The molecule has 0 bridgehead atoms. The number of benzene rings is 1. The number of carbonyl (C=O) groups is 1. The number of carbonyl (C=O) groups excluding carboxylic acids is 1. The summed E-state index contributed by atoms with van der Waals surface area (Å²) in [7, 11) is -2.33. The Kier molecular flexibility index (Phi) is 5.10. The minimum absolute atomic E-state index is 0.100. The molecule has 1 atom stereocenters. The molecule has 0 heterocycles. The first kappa shape index (κ1) is 15.2. The van der Waals surface area contributed by atoms with E-state index in [9.17, 15) is 13.2 Å². The second-order valence-electron chi connectivity index (χ2n) is 3.91. The van der Waals surface area contributed by atoms with Gasteiger partial charge < -0.3 is 4.74 Å². The zero-order valence-corrected chi connectivity index (χ0v) is 11.5. The van der Waals surface area contributed by atoms with Gasteiger partial charge in [-0.2, -0.15) is 4.72 Å². The summed E-state index contributed by atoms with van der Waals surface area (Å²) in [6, 6.07) is 5.38. The van der Waals surface area contributed by atoms with E-state index >= 15 is 0 Å². The molecule has 0 aliphatic rings. The van der Waals surface area contributed by atoms with Crippen molar-refractivity contribution in [3.63, 3.8) is 0 Å². The number of nitrogens with one attached hydrogen (secondary N) is 1. The van der Waals surface area contributed by atoms with Gasteiger partial charge in [-0.15, -0.1) is 6.42 Å². The summed E-state index contributed by atoms with van der Waals surface area (Å²) in [5, 5.41) is 0. The molecule has 0 aliphatic heterocycles. The van der Waals surface area contributed by atoms with Crippen LogP contribution >= 0.6 is 0 Å². The van der Waals surface area contributed by atoms with Gasteiger partial charge >= 0.3 is 5.97 Å². The van der Waals surface area contributed by atoms with Gasteiger partial charge in [0, 0.05) is 0 Å². The molecule has 0 radical (unpaired) electrons. The summed E-state index contributed by atoms with van der Waals surface area (Å²) in [6.07, 6.45) is 5.23. The summed E-state index contributed by atoms with van der Waals surface area (Å²) < 4.78 is 30.7. The number of ether oxygens (including phenoxy) is 1. The smallest absolute Gasteiger partial charge is 0.309 e. The molecule has 1 aromatic carbocycles. The van der Waals surface area contributed by atoms with Crippen molar-refractivity contribution in [2.75, 3.05) is 7.11 Å². The van der Waals surface area contributed by atoms with Crippen molar-refractivity contribution >= 4 is 16.0 Å². The van der Waals surface area contributed by atoms with E-state index in [-0.39, 0.29) is 17.3 Å². The van der Waals surface area contributed by atoms with Crippen LogP contribution in [0.1, 0.15) is 12.5 Å². The van der Waals surface area contributed by atoms with Gasteiger partial charge in [0.15, 0.2) is 0 Å². The Bertz CT molecular complexity index is 584. The Hall–Kier alpha value is -1.84. The molecular weight excluding hydrogens is 266 g/mol. The molecule has 0 aromatic heterocycles. The second-order valence-corrected chi connectivity index (χ2v) is 5.62. The average Bonchev–Trinajstić information content (AvgIpc) is 2.38. The number of hydrogen-bond donors (Lipinski definition) is 1. The zero-order chi connectivity index (χ0) is 14.5. The van der Waals surface area contributed by atoms with Crippen molar-refractivity contribution in [2.24, 2.45) is 0 Å². The van der Waals surface area contributed by atoms with E-state index in [1.165, 1.54) is 19.2 Å². The molecule has 19 heavy (non-hydrogen) atoms. The molecule has 0 aliphatic carbocycles. The summed E-state index contributed by atoms with van der Waals surface area (Å²) >= 11 is 0. The van der Waals surface area contributed by atoms with Crippen LogP contribution in [0.15, 0.2) is 29.2 Å². The van der Waals surface area contributed by atoms with Gasteiger partial charge in [-0.3, -0.25) is 4.79 Å². The molecule has 6 heteroatoms. The Balaban J connectivity index is 2.87. The van der Waals surface area contributed by atoms with E-state index in [0.29, 0.717) is 5.56 Å². The van der Waals surface area contributed by atoms with Gasteiger partial charge in [-0.1, -0.05) is 18.1 Å². The van der Waals surface area contributed by atoms with Gasteiger partial charge in [0.2, 0.25) is 10.0 Å². The van der Waals surface area contributed by atoms with E-state index in [1.807, 2.05) is 0 Å². The van der Waals surface area contributed by atoms with E-state index in [0.717, 1.165) is 0 Å². The maximum Gasteiger partial charge on any atom is 0.309 e. The Morgan fingerprint density at radius 3 is 2.47 bits per heavy atom. The van der Waals surface area contributed by atoms with Crippen LogP contribution < -0.4 is 4.72 Å². The first-order chi connectivity index (χ1) is 8.89. The molecule has 0 saturated carbocycles. The number of rotatable bonds is 5. The van der Waals surface area contributed by atoms with Crippen LogP contribution in [0.2, 0.25) is 0 Å². The molecular formula is C13H15NO4S. The van der Waals surface area contributed by atoms with Gasteiger partial charge in [-0.25, -0.2) is 8.42 Å². The Morgan fingerprint density at radius 1 is 1.42 bits per heavy atom. The number of terminal acetylenes is 1. The molecule has 1 N–H and O–H groups in total. The van der Waals surface area contributed by atoms with Crippen molar-refractivity contribution in [1.82, 2.24) is 4.72 Å². The summed E-state index contributed by atoms with van der Waals surface area (Å²) in [6.45, 7) is 1.57. The van der Waals surface area contributed by atoms with Gasteiger partial charge in [0.05, 0.1) is 24.5 Å². The van der Waals surface area contributed by atoms with Crippen LogP contribution in [-0.2, 0) is 26.0 Å². The number of sulfonamides is 1. The quantitative estimate of drug-likeness (QED) is 0.637. The van der Waals surface area contributed by atoms with Crippen molar-refractivity contribution in [3.8, 4) is 12.3 Å². The Morgan fingerprint density at radius 2 is 2.00 bits per heavy atom. The lowest BCUT2D eigenvalue weighted by Crippen LogP contribution is -2.31. The first-order valence-corrected chi connectivity index (χ1v) is 7.01. The molecule has 102 valence electrons. The van der Waals surface area contributed by atoms with Crippen LogP contribution in [0.3, 0.4) is 0 Å². The standard InChI is InChI=1S/C13H15NO4S/c1-4-10(2)14-19(16,17)12-7-5-11(6-8-12)9-13(15)18-3/h1,5-8,10,14H,9H2,2-3H3. The largest absolute Gasteiger partial charge is 0.469 e. The minimum atomic E-state index is -3.63. The van der Waals surface area contributed by atoms with Crippen molar-refractivity contribution in [1.29, 1.82) is 0 Å². The van der Waals surface area contributed by atoms with Crippen LogP contribution in [0.25, 0.3) is 0 Å². The van der Waals surface area contributed by atoms with Crippen LogP contribution in [0.4, 0.5) is 0 Å². The topological polar surface area (TPSA) is 72.5 Å². The predicted molar refractivity (Wildman–Crippen MR) is 70.8 cm³/mol. The van der Waals surface area contributed by atoms with E-state index in [1.54, 1.807) is 19.1 Å². The summed E-state index contributed by atoms with van der Waals surface area (Å²) in [4.78, 5) is 11.2. The lowest BCUT2D eigenvalue weighted by atomic mass is 10.2. The molecule has 0 spiro atoms. The second kappa shape index (κ2) is 6.36. The van der Waals surface area contributed by atoms with Gasteiger partial charge in [-0.05, 0) is 24.6 Å². The average molecular weight is 281 g/mol. The van der Waals surface area contributed by atoms with Crippen LogP contribution in [0, 0.1) is 12.3 Å². The van der Waals surface area contributed by atoms with Crippen LogP contribution in [-0.4, -0.2) is 27.5 Å². The highest BCUT2D eigenvalue weighted by Crippen LogP contribution is 2.11. The van der Waals surface area contributed by atoms with Crippen molar-refractivity contribution in [2.45, 2.75) is 24.3 Å². The number of esters is 1. The minimum Gasteiger partial charge on any atom is -0.469 e. The predicted octanol–water partition coefficient (Wildman–Crippen LogP) is 0.702. The monoisotopic (exact) mass is 281 g/mol. The van der Waals surface area contributed by atoms with Gasteiger partial charge in [0.1, 0.15) is 0 Å². The fraction of sp³-hybridized carbons (Fsp3) is 0.308. The molecule has 1 aromatic rings. The molecule has 1 rings (SSSR count). The fourth-order valence-corrected chi connectivity index (χ4v) is 2.52. The highest BCUT2D eigenvalue weighted by Gasteiger charge is 2.16. The van der Waals surface area contributed by atoms with E-state index < -0.39 is 16.1 Å². The number of hydrogen-bond acceptors (Lipinski definition) is 4. The highest BCUT2D eigenvalue weighted by atomic mass is 32.2. The summed E-state index contributed by atoms with van der Waals surface area (Å²) in [5.74, 6) is 1.90. The zero-order valence-electron chi connectivity index (χ0n) is 10.7. The Labute approximate surface area is 113 Å². The SMILES string of the molecule is C#CC(C)NS(=O)(=O)c1ccc(CC(=O)OC)cc1. The van der Waals surface area contributed by atoms with Crippen LogP contribution in [0.5, 0.6) is 0 Å². The molecule has 0 saturated heterocycles. The summed E-state index contributed by atoms with van der Waals surface area (Å²) in [5.41, 5.74) is 0.677. The lowest BCUT2D eigenvalue weighted by molar-refractivity contribution is -0.139. The first-order valence-electron chi connectivity index (χ1n) is 5.53. The maximum atomic E-state index is 11.9. The van der Waals surface area contributed by atoms with Crippen molar-refractivity contribution < 1.29 is 17.9 Å². The third-order valence-electron chi connectivity index (χ3n) is 2.39. The molecule has 0 amide bonds. The lowest BCUT2D eigenvalue weighted by Gasteiger charge is -2.09. The fourth-order valence-electron chi connectivity index (χ4n) is 1.36. The third kappa shape index (κ3) is 4.39. The normalized spacial score (nSPS) is 12.5. The van der Waals surface area contributed by atoms with Crippen molar-refractivity contribution in [3.05, 3.63) is 29.8 Å². The molecule has 0 fully saturated rings. The van der Waals surface area contributed by atoms with E-state index in [2.05, 4.69) is 15.4 Å². The van der Waals surface area contributed by atoms with E-state index in [4.69, 9.17) is 6.42 Å². The third-order valence-corrected chi connectivity index (χ3v) is 3.95. The molecule has 5 nitrogen and oxygen atoms in total. The number of methoxy groups -OCH3 is 1.